The highest BCUT2D eigenvalue weighted by atomic mass is 35.5. The number of carbonyl (C=O) groups excluding carboxylic acids is 2. The van der Waals surface area contributed by atoms with Crippen LogP contribution in [0.15, 0.2) is 91.0 Å². The Morgan fingerprint density at radius 3 is 1.88 bits per heavy atom. The number of ether oxygens (including phenoxy) is 2. The van der Waals surface area contributed by atoms with E-state index in [2.05, 4.69) is 4.98 Å². The van der Waals surface area contributed by atoms with Crippen molar-refractivity contribution in [2.24, 2.45) is 0 Å². The molecule has 4 aromatic carbocycles. The maximum atomic E-state index is 11.8. The fraction of sp³-hybridized carbons (Fsp3) is 0.0571. The van der Waals surface area contributed by atoms with E-state index in [1.807, 2.05) is 84.9 Å². The number of aldehydes is 2. The molecule has 5 nitrogen and oxygen atoms in total. The van der Waals surface area contributed by atoms with Crippen LogP contribution in [0.1, 0.15) is 31.8 Å². The molecule has 0 atom stereocenters. The number of hydrogen-bond acceptors (Lipinski definition) is 5. The molecule has 1 aromatic heterocycles. The number of carbonyl (C=O) groups is 2. The summed E-state index contributed by atoms with van der Waals surface area (Å²) in [5.74, 6) is 0.995. The second-order valence-corrected chi connectivity index (χ2v) is 10.1. The lowest BCUT2D eigenvalue weighted by Crippen LogP contribution is -1.96. The highest BCUT2D eigenvalue weighted by Gasteiger charge is 2.17. The first-order valence-corrected chi connectivity index (χ1v) is 13.7. The SMILES string of the molecule is COc1ccc(/C=C/c2cc(-c3cccc(-c4cccc(-c5ccc(C=O)c(OC)n5)c4Cl)c3Cl)ccc2C=O)cc1. The second-order valence-electron chi connectivity index (χ2n) is 9.32. The third-order valence-electron chi connectivity index (χ3n) is 6.87. The van der Waals surface area contributed by atoms with Gasteiger partial charge in [0, 0.05) is 27.8 Å². The molecule has 7 heteroatoms. The van der Waals surface area contributed by atoms with Gasteiger partial charge in [0.1, 0.15) is 5.75 Å². The van der Waals surface area contributed by atoms with Crippen molar-refractivity contribution in [1.82, 2.24) is 4.98 Å². The number of aromatic nitrogens is 1. The van der Waals surface area contributed by atoms with Crippen molar-refractivity contribution in [1.29, 1.82) is 0 Å². The minimum Gasteiger partial charge on any atom is -0.497 e. The average molecular weight is 594 g/mol. The molecule has 5 rings (SSSR count). The molecule has 42 heavy (non-hydrogen) atoms. The van der Waals surface area contributed by atoms with Crippen LogP contribution in [0.2, 0.25) is 10.0 Å². The zero-order chi connectivity index (χ0) is 29.6. The van der Waals surface area contributed by atoms with Gasteiger partial charge in [-0.3, -0.25) is 9.59 Å². The number of halogens is 2. The molecule has 0 bridgehead atoms. The Labute approximate surface area is 254 Å². The van der Waals surface area contributed by atoms with Crippen LogP contribution in [0.25, 0.3) is 45.7 Å². The Kier molecular flexibility index (Phi) is 8.82. The van der Waals surface area contributed by atoms with Crippen molar-refractivity contribution in [3.05, 3.63) is 123 Å². The predicted octanol–water partition coefficient (Wildman–Crippen LogP) is 9.20. The Bertz CT molecular complexity index is 1810. The molecule has 208 valence electrons. The summed E-state index contributed by atoms with van der Waals surface area (Å²) in [6.07, 6.45) is 5.39. The van der Waals surface area contributed by atoms with Crippen molar-refractivity contribution in [3.8, 4) is 45.1 Å². The summed E-state index contributed by atoms with van der Waals surface area (Å²) in [5.41, 5.74) is 7.00. The lowest BCUT2D eigenvalue weighted by atomic mass is 9.94. The van der Waals surface area contributed by atoms with Crippen LogP contribution in [0.5, 0.6) is 11.6 Å². The molecule has 0 N–H and O–H groups in total. The molecule has 0 saturated carbocycles. The molecule has 5 aromatic rings. The minimum absolute atomic E-state index is 0.222. The third-order valence-corrected chi connectivity index (χ3v) is 7.68. The molecular formula is C35H25Cl2NO4. The van der Waals surface area contributed by atoms with E-state index < -0.39 is 0 Å². The highest BCUT2D eigenvalue weighted by Crippen LogP contribution is 2.42. The summed E-state index contributed by atoms with van der Waals surface area (Å²) in [4.78, 5) is 27.6. The molecule has 0 aliphatic rings. The lowest BCUT2D eigenvalue weighted by molar-refractivity contribution is 0.111. The van der Waals surface area contributed by atoms with E-state index in [0.29, 0.717) is 38.7 Å². The molecule has 0 aliphatic carbocycles. The highest BCUT2D eigenvalue weighted by molar-refractivity contribution is 6.39. The van der Waals surface area contributed by atoms with E-state index in [1.54, 1.807) is 25.3 Å². The van der Waals surface area contributed by atoms with Gasteiger partial charge in [0.05, 0.1) is 35.5 Å². The van der Waals surface area contributed by atoms with Gasteiger partial charge in [-0.05, 0) is 47.0 Å². The molecule has 0 unspecified atom stereocenters. The van der Waals surface area contributed by atoms with Crippen molar-refractivity contribution < 1.29 is 19.1 Å². The summed E-state index contributed by atoms with van der Waals surface area (Å²) in [6, 6.07) is 28.0. The summed E-state index contributed by atoms with van der Waals surface area (Å²) in [6.45, 7) is 0. The van der Waals surface area contributed by atoms with Crippen LogP contribution in [-0.2, 0) is 0 Å². The van der Waals surface area contributed by atoms with Crippen LogP contribution >= 0.6 is 23.2 Å². The van der Waals surface area contributed by atoms with Gasteiger partial charge in [-0.15, -0.1) is 0 Å². The largest absolute Gasteiger partial charge is 0.497 e. The molecule has 0 saturated heterocycles. The van der Waals surface area contributed by atoms with Crippen molar-refractivity contribution in [2.45, 2.75) is 0 Å². The lowest BCUT2D eigenvalue weighted by Gasteiger charge is -2.15. The molecule has 0 fully saturated rings. The normalized spacial score (nSPS) is 11.0. The van der Waals surface area contributed by atoms with Crippen molar-refractivity contribution >= 4 is 47.9 Å². The number of benzene rings is 4. The van der Waals surface area contributed by atoms with Crippen LogP contribution in [0, 0.1) is 0 Å². The number of nitrogens with zero attached hydrogens (tertiary/aromatic N) is 1. The Morgan fingerprint density at radius 1 is 0.619 bits per heavy atom. The van der Waals surface area contributed by atoms with Gasteiger partial charge in [-0.2, -0.15) is 0 Å². The van der Waals surface area contributed by atoms with Gasteiger partial charge in [0.2, 0.25) is 5.88 Å². The topological polar surface area (TPSA) is 65.5 Å². The number of pyridine rings is 1. The smallest absolute Gasteiger partial charge is 0.224 e. The van der Waals surface area contributed by atoms with E-state index in [4.69, 9.17) is 32.7 Å². The van der Waals surface area contributed by atoms with Crippen molar-refractivity contribution in [2.75, 3.05) is 14.2 Å². The summed E-state index contributed by atoms with van der Waals surface area (Å²) >= 11 is 14.0. The van der Waals surface area contributed by atoms with Gasteiger partial charge in [-0.1, -0.05) is 96.0 Å². The molecular weight excluding hydrogens is 569 g/mol. The van der Waals surface area contributed by atoms with Gasteiger partial charge >= 0.3 is 0 Å². The van der Waals surface area contributed by atoms with E-state index in [0.717, 1.165) is 45.4 Å². The minimum atomic E-state index is 0.222. The molecule has 1 heterocycles. The Balaban J connectivity index is 1.54. The first-order valence-electron chi connectivity index (χ1n) is 13.0. The van der Waals surface area contributed by atoms with Gasteiger partial charge in [0.15, 0.2) is 12.6 Å². The van der Waals surface area contributed by atoms with Gasteiger partial charge in [-0.25, -0.2) is 4.98 Å². The quantitative estimate of drug-likeness (QED) is 0.126. The van der Waals surface area contributed by atoms with Gasteiger partial charge in [0.25, 0.3) is 0 Å². The van der Waals surface area contributed by atoms with E-state index >= 15 is 0 Å². The molecule has 0 radical (unpaired) electrons. The Morgan fingerprint density at radius 2 is 1.24 bits per heavy atom. The zero-order valence-corrected chi connectivity index (χ0v) is 24.3. The van der Waals surface area contributed by atoms with Crippen LogP contribution in [-0.4, -0.2) is 31.8 Å². The molecule has 0 aliphatic heterocycles. The standard InChI is InChI=1S/C35H25Cl2NO4/c1-41-27-16-10-22(11-17-27)9-12-23-19-24(13-14-25(23)20-39)28-5-3-6-29(33(28)36)30-7-4-8-31(34(30)37)32-18-15-26(21-40)35(38-32)42-2/h3-21H,1-2H3/b12-9+. The van der Waals surface area contributed by atoms with Crippen molar-refractivity contribution in [3.63, 3.8) is 0 Å². The molecule has 0 spiro atoms. The van der Waals surface area contributed by atoms with Crippen LogP contribution < -0.4 is 9.47 Å². The van der Waals surface area contributed by atoms with Gasteiger partial charge < -0.3 is 9.47 Å². The van der Waals surface area contributed by atoms with E-state index in [9.17, 15) is 9.59 Å². The number of rotatable bonds is 9. The Hall–Kier alpha value is -4.71. The van der Waals surface area contributed by atoms with E-state index in [-0.39, 0.29) is 5.88 Å². The van der Waals surface area contributed by atoms with E-state index in [1.165, 1.54) is 7.11 Å². The average Bonchev–Trinajstić information content (AvgIpc) is 3.04. The van der Waals surface area contributed by atoms with Crippen LogP contribution in [0.4, 0.5) is 0 Å². The third kappa shape index (κ3) is 5.84. The monoisotopic (exact) mass is 593 g/mol. The number of methoxy groups -OCH3 is 2. The first-order chi connectivity index (χ1) is 20.5. The fourth-order valence-electron chi connectivity index (χ4n) is 4.65. The predicted molar refractivity (Wildman–Crippen MR) is 170 cm³/mol. The summed E-state index contributed by atoms with van der Waals surface area (Å²) < 4.78 is 10.5. The summed E-state index contributed by atoms with van der Waals surface area (Å²) in [5, 5.41) is 0.978. The number of hydrogen-bond donors (Lipinski definition) is 0. The van der Waals surface area contributed by atoms with Crippen LogP contribution in [0.3, 0.4) is 0 Å². The summed E-state index contributed by atoms with van der Waals surface area (Å²) in [7, 11) is 3.09. The maximum absolute atomic E-state index is 11.8. The second kappa shape index (κ2) is 12.9. The first kappa shape index (κ1) is 28.8. The maximum Gasteiger partial charge on any atom is 0.224 e. The fourth-order valence-corrected chi connectivity index (χ4v) is 5.31. The molecule has 0 amide bonds. The zero-order valence-electron chi connectivity index (χ0n) is 22.8.